The van der Waals surface area contributed by atoms with Crippen molar-refractivity contribution in [2.24, 2.45) is 0 Å². The fourth-order valence-electron chi connectivity index (χ4n) is 1.89. The molecule has 0 bridgehead atoms. The van der Waals surface area contributed by atoms with Gasteiger partial charge >= 0.3 is 12.1 Å². The lowest BCUT2D eigenvalue weighted by atomic mass is 10.2. The monoisotopic (exact) mass is 313 g/mol. The molecule has 5 nitrogen and oxygen atoms in total. The van der Waals surface area contributed by atoms with Crippen molar-refractivity contribution in [2.45, 2.75) is 13.0 Å². The Hall–Kier alpha value is -2.82. The van der Waals surface area contributed by atoms with Crippen molar-refractivity contribution in [3.8, 4) is 0 Å². The molecular weight excluding hydrogens is 294 g/mol. The van der Waals surface area contributed by atoms with Crippen molar-refractivity contribution in [2.75, 3.05) is 13.2 Å². The van der Waals surface area contributed by atoms with Gasteiger partial charge in [-0.2, -0.15) is 0 Å². The number of benzene rings is 2. The van der Waals surface area contributed by atoms with Gasteiger partial charge in [-0.1, -0.05) is 60.7 Å². The Bertz CT molecular complexity index is 613. The summed E-state index contributed by atoms with van der Waals surface area (Å²) in [5.74, 6) is -0.506. The van der Waals surface area contributed by atoms with Gasteiger partial charge < -0.3 is 14.8 Å². The van der Waals surface area contributed by atoms with Crippen LogP contribution in [0.25, 0.3) is 0 Å². The molecule has 0 aliphatic carbocycles. The van der Waals surface area contributed by atoms with Crippen molar-refractivity contribution < 1.29 is 19.1 Å². The second-order valence-corrected chi connectivity index (χ2v) is 4.87. The molecule has 0 heterocycles. The van der Waals surface area contributed by atoms with Gasteiger partial charge in [0.1, 0.15) is 13.2 Å². The number of esters is 1. The molecule has 1 N–H and O–H groups in total. The quantitative estimate of drug-likeness (QED) is 0.798. The van der Waals surface area contributed by atoms with E-state index in [-0.39, 0.29) is 19.8 Å². The third-order valence-corrected chi connectivity index (χ3v) is 3.09. The number of hydrogen-bond acceptors (Lipinski definition) is 4. The van der Waals surface area contributed by atoms with E-state index in [1.54, 1.807) is 0 Å². The second kappa shape index (κ2) is 9.25. The van der Waals surface area contributed by atoms with E-state index < -0.39 is 12.1 Å². The van der Waals surface area contributed by atoms with Gasteiger partial charge in [0.2, 0.25) is 0 Å². The molecule has 2 aromatic rings. The molecule has 0 fully saturated rings. The van der Waals surface area contributed by atoms with Crippen LogP contribution in [0.1, 0.15) is 11.1 Å². The number of carbonyl (C=O) groups is 2. The Balaban J connectivity index is 1.57. The van der Waals surface area contributed by atoms with Crippen molar-refractivity contribution >= 4 is 12.1 Å². The number of rotatable bonds is 7. The topological polar surface area (TPSA) is 64.6 Å². The van der Waals surface area contributed by atoms with Crippen LogP contribution in [0, 0.1) is 0 Å². The zero-order valence-corrected chi connectivity index (χ0v) is 12.7. The largest absolute Gasteiger partial charge is 0.460 e. The average molecular weight is 313 g/mol. The number of amides is 1. The number of alkyl carbamates (subject to hydrolysis) is 1. The molecule has 0 spiro atoms. The minimum Gasteiger partial charge on any atom is -0.460 e. The van der Waals surface area contributed by atoms with Crippen LogP contribution in [0.4, 0.5) is 4.79 Å². The third-order valence-electron chi connectivity index (χ3n) is 3.09. The third kappa shape index (κ3) is 6.65. The summed E-state index contributed by atoms with van der Waals surface area (Å²) >= 11 is 0. The summed E-state index contributed by atoms with van der Waals surface area (Å²) in [6.45, 7) is 0.232. The molecule has 1 amide bonds. The molecule has 0 saturated heterocycles. The van der Waals surface area contributed by atoms with E-state index in [0.29, 0.717) is 6.42 Å². The fraction of sp³-hybridized carbons (Fsp3) is 0.222. The molecule has 0 saturated carbocycles. The van der Waals surface area contributed by atoms with Crippen molar-refractivity contribution in [1.82, 2.24) is 5.32 Å². The van der Waals surface area contributed by atoms with Crippen LogP contribution < -0.4 is 5.32 Å². The predicted molar refractivity (Wildman–Crippen MR) is 85.7 cm³/mol. The van der Waals surface area contributed by atoms with E-state index in [1.165, 1.54) is 0 Å². The first-order chi connectivity index (χ1) is 11.2. The van der Waals surface area contributed by atoms with Gasteiger partial charge in [0.05, 0.1) is 6.61 Å². The minimum absolute atomic E-state index is 0.185. The van der Waals surface area contributed by atoms with Crippen molar-refractivity contribution in [3.63, 3.8) is 0 Å². The van der Waals surface area contributed by atoms with Gasteiger partial charge in [0.25, 0.3) is 0 Å². The molecule has 23 heavy (non-hydrogen) atoms. The van der Waals surface area contributed by atoms with Crippen LogP contribution in [-0.2, 0) is 27.3 Å². The number of carbonyl (C=O) groups excluding carboxylic acids is 2. The molecule has 0 radical (unpaired) electrons. The Morgan fingerprint density at radius 3 is 2.09 bits per heavy atom. The molecule has 5 heteroatoms. The van der Waals surface area contributed by atoms with E-state index in [4.69, 9.17) is 9.47 Å². The summed E-state index contributed by atoms with van der Waals surface area (Å²) in [7, 11) is 0. The molecule has 0 atom stereocenters. The van der Waals surface area contributed by atoms with Gasteiger partial charge in [0.15, 0.2) is 0 Å². The van der Waals surface area contributed by atoms with Crippen LogP contribution in [0.2, 0.25) is 0 Å². The van der Waals surface area contributed by atoms with E-state index in [9.17, 15) is 9.59 Å². The van der Waals surface area contributed by atoms with Crippen LogP contribution in [0.15, 0.2) is 60.7 Å². The smallest absolute Gasteiger partial charge is 0.407 e. The number of hydrogen-bond donors (Lipinski definition) is 1. The average Bonchev–Trinajstić information content (AvgIpc) is 2.60. The van der Waals surface area contributed by atoms with Gasteiger partial charge in [-0.3, -0.25) is 4.79 Å². The standard InChI is InChI=1S/C18H19NO4/c20-17(23-14-16-9-5-2-6-10-16)13-19-18(21)22-12-11-15-7-3-1-4-8-15/h1-10H,11-14H2,(H,19,21). The molecule has 2 rings (SSSR count). The summed E-state index contributed by atoms with van der Waals surface area (Å²) in [6.07, 6.45) is 0.00443. The second-order valence-electron chi connectivity index (χ2n) is 4.87. The number of ether oxygens (including phenoxy) is 2. The highest BCUT2D eigenvalue weighted by Crippen LogP contribution is 2.01. The first-order valence-electron chi connectivity index (χ1n) is 7.38. The lowest BCUT2D eigenvalue weighted by Crippen LogP contribution is -2.31. The molecule has 120 valence electrons. The molecule has 2 aromatic carbocycles. The van der Waals surface area contributed by atoms with Crippen LogP contribution in [0.5, 0.6) is 0 Å². The van der Waals surface area contributed by atoms with Gasteiger partial charge in [-0.05, 0) is 11.1 Å². The van der Waals surface area contributed by atoms with E-state index in [1.807, 2.05) is 60.7 Å². The Labute approximate surface area is 135 Å². The zero-order valence-electron chi connectivity index (χ0n) is 12.7. The lowest BCUT2D eigenvalue weighted by molar-refractivity contribution is -0.143. The van der Waals surface area contributed by atoms with Gasteiger partial charge in [-0.15, -0.1) is 0 Å². The summed E-state index contributed by atoms with van der Waals surface area (Å²) < 4.78 is 10.0. The van der Waals surface area contributed by atoms with E-state index in [0.717, 1.165) is 11.1 Å². The highest BCUT2D eigenvalue weighted by molar-refractivity contribution is 5.77. The van der Waals surface area contributed by atoms with Crippen molar-refractivity contribution in [1.29, 1.82) is 0 Å². The minimum atomic E-state index is -0.627. The first-order valence-corrected chi connectivity index (χ1v) is 7.38. The Morgan fingerprint density at radius 1 is 0.826 bits per heavy atom. The van der Waals surface area contributed by atoms with Crippen LogP contribution in [-0.4, -0.2) is 25.2 Å². The van der Waals surface area contributed by atoms with Crippen LogP contribution in [0.3, 0.4) is 0 Å². The van der Waals surface area contributed by atoms with Gasteiger partial charge in [-0.25, -0.2) is 4.79 Å². The first kappa shape index (κ1) is 16.5. The molecule has 0 aromatic heterocycles. The maximum absolute atomic E-state index is 11.5. The summed E-state index contributed by atoms with van der Waals surface area (Å²) in [4.78, 5) is 23.0. The van der Waals surface area contributed by atoms with E-state index in [2.05, 4.69) is 5.32 Å². The van der Waals surface area contributed by atoms with Crippen molar-refractivity contribution in [3.05, 3.63) is 71.8 Å². The predicted octanol–water partition coefficient (Wildman–Crippen LogP) is 2.70. The molecule has 0 aliphatic heterocycles. The Morgan fingerprint density at radius 2 is 1.43 bits per heavy atom. The van der Waals surface area contributed by atoms with E-state index >= 15 is 0 Å². The highest BCUT2D eigenvalue weighted by Gasteiger charge is 2.07. The summed E-state index contributed by atoms with van der Waals surface area (Å²) in [5.41, 5.74) is 1.98. The van der Waals surface area contributed by atoms with Gasteiger partial charge in [0, 0.05) is 6.42 Å². The Kier molecular flexibility index (Phi) is 6.65. The summed E-state index contributed by atoms with van der Waals surface area (Å²) in [6, 6.07) is 19.0. The highest BCUT2D eigenvalue weighted by atomic mass is 16.6. The number of nitrogens with one attached hydrogen (secondary N) is 1. The molecular formula is C18H19NO4. The zero-order chi connectivity index (χ0) is 16.3. The molecule has 0 aliphatic rings. The fourth-order valence-corrected chi connectivity index (χ4v) is 1.89. The van der Waals surface area contributed by atoms with Crippen LogP contribution >= 0.6 is 0 Å². The lowest BCUT2D eigenvalue weighted by Gasteiger charge is -2.07. The maximum atomic E-state index is 11.5. The normalized spacial score (nSPS) is 9.91. The SMILES string of the molecule is O=C(CNC(=O)OCCc1ccccc1)OCc1ccccc1. The molecule has 0 unspecified atom stereocenters. The summed E-state index contributed by atoms with van der Waals surface area (Å²) in [5, 5.41) is 2.37. The maximum Gasteiger partial charge on any atom is 0.407 e.